The molecule has 2 bridgehead atoms. The van der Waals surface area contributed by atoms with E-state index in [-0.39, 0.29) is 18.1 Å². The predicted octanol–water partition coefficient (Wildman–Crippen LogP) is -0.389. The highest BCUT2D eigenvalue weighted by Crippen LogP contribution is 2.29. The lowest BCUT2D eigenvalue weighted by Crippen LogP contribution is -2.50. The molecular weight excluding hydrogens is 216 g/mol. The monoisotopic (exact) mass is 234 g/mol. The first-order chi connectivity index (χ1) is 8.25. The zero-order chi connectivity index (χ0) is 11.8. The van der Waals surface area contributed by atoms with Crippen molar-refractivity contribution in [2.45, 2.75) is 43.3 Å². The second kappa shape index (κ2) is 4.38. The first-order valence-electron chi connectivity index (χ1n) is 6.15. The summed E-state index contributed by atoms with van der Waals surface area (Å²) in [5.74, 6) is 0. The minimum absolute atomic E-state index is 0.0151. The molecule has 0 saturated carbocycles. The van der Waals surface area contributed by atoms with E-state index >= 15 is 0 Å². The molecule has 0 aliphatic carbocycles. The van der Waals surface area contributed by atoms with E-state index in [0.29, 0.717) is 0 Å². The van der Waals surface area contributed by atoms with Gasteiger partial charge in [0.15, 0.2) is 0 Å². The lowest BCUT2D eigenvalue weighted by molar-refractivity contribution is 0.00392. The normalized spacial score (nSPS) is 39.8. The molecule has 92 valence electrons. The van der Waals surface area contributed by atoms with Gasteiger partial charge in [-0.25, -0.2) is 0 Å². The maximum absolute atomic E-state index is 9.80. The van der Waals surface area contributed by atoms with Crippen LogP contribution in [0.4, 0.5) is 0 Å². The van der Waals surface area contributed by atoms with Crippen LogP contribution in [0.5, 0.6) is 0 Å². The van der Waals surface area contributed by atoms with Gasteiger partial charge in [-0.05, 0) is 12.0 Å². The Morgan fingerprint density at radius 1 is 1.18 bits per heavy atom. The zero-order valence-electron chi connectivity index (χ0n) is 9.58. The van der Waals surface area contributed by atoms with Crippen LogP contribution in [-0.4, -0.2) is 40.5 Å². The summed E-state index contributed by atoms with van der Waals surface area (Å²) in [6, 6.07) is 10.5. The van der Waals surface area contributed by atoms with Crippen LogP contribution in [0, 0.1) is 0 Å². The first kappa shape index (κ1) is 11.2. The standard InChI is InChI=1S/C13H18N2O2/c16-12-10-6-9(11(15-10)13(12)17)14-7-8-4-2-1-3-5-8/h1-5,9-17H,6-7H2/t9-,10+,11-,12+,13-/m0/s1. The Morgan fingerprint density at radius 2 is 1.94 bits per heavy atom. The fourth-order valence-electron chi connectivity index (χ4n) is 2.93. The fraction of sp³-hybridized carbons (Fsp3) is 0.538. The minimum atomic E-state index is -0.637. The molecule has 0 spiro atoms. The highest BCUT2D eigenvalue weighted by molar-refractivity contribution is 5.16. The van der Waals surface area contributed by atoms with Gasteiger partial charge in [0.25, 0.3) is 0 Å². The maximum atomic E-state index is 9.80. The molecule has 4 N–H and O–H groups in total. The van der Waals surface area contributed by atoms with Gasteiger partial charge in [0.1, 0.15) is 0 Å². The Morgan fingerprint density at radius 3 is 2.59 bits per heavy atom. The van der Waals surface area contributed by atoms with Gasteiger partial charge in [-0.2, -0.15) is 0 Å². The summed E-state index contributed by atoms with van der Waals surface area (Å²) >= 11 is 0. The number of fused-ring (bicyclic) bond motifs is 2. The lowest BCUT2D eigenvalue weighted by atomic mass is 9.90. The number of benzene rings is 1. The number of hydrogen-bond donors (Lipinski definition) is 4. The van der Waals surface area contributed by atoms with Crippen LogP contribution < -0.4 is 10.6 Å². The van der Waals surface area contributed by atoms with E-state index in [1.807, 2.05) is 18.2 Å². The molecule has 0 aromatic heterocycles. The number of aliphatic hydroxyl groups is 2. The molecule has 1 aromatic carbocycles. The third kappa shape index (κ3) is 1.98. The van der Waals surface area contributed by atoms with E-state index in [9.17, 15) is 10.2 Å². The van der Waals surface area contributed by atoms with Gasteiger partial charge < -0.3 is 20.8 Å². The largest absolute Gasteiger partial charge is 0.389 e. The maximum Gasteiger partial charge on any atom is 0.0982 e. The van der Waals surface area contributed by atoms with Gasteiger partial charge in [0.2, 0.25) is 0 Å². The Kier molecular flexibility index (Phi) is 2.88. The number of aliphatic hydroxyl groups excluding tert-OH is 2. The van der Waals surface area contributed by atoms with Crippen molar-refractivity contribution in [3.05, 3.63) is 35.9 Å². The SMILES string of the molecule is O[C@@H]1[C@H](O)[C@H]2C[C@H](NCc3ccccc3)[C@@H]1N2. The second-order valence-corrected chi connectivity index (χ2v) is 4.99. The summed E-state index contributed by atoms with van der Waals surface area (Å²) in [6.07, 6.45) is -0.354. The fourth-order valence-corrected chi connectivity index (χ4v) is 2.93. The molecule has 0 amide bonds. The molecule has 1 aromatic rings. The number of hydrogen-bond acceptors (Lipinski definition) is 4. The molecule has 0 unspecified atom stereocenters. The molecule has 2 saturated heterocycles. The zero-order valence-corrected chi connectivity index (χ0v) is 9.58. The second-order valence-electron chi connectivity index (χ2n) is 4.99. The summed E-state index contributed by atoms with van der Waals surface area (Å²) in [5.41, 5.74) is 1.24. The van der Waals surface area contributed by atoms with Crippen molar-refractivity contribution >= 4 is 0 Å². The van der Waals surface area contributed by atoms with E-state index in [1.165, 1.54) is 5.56 Å². The van der Waals surface area contributed by atoms with Crippen LogP contribution in [0.2, 0.25) is 0 Å². The third-order valence-electron chi connectivity index (χ3n) is 3.89. The molecule has 4 nitrogen and oxygen atoms in total. The van der Waals surface area contributed by atoms with Crippen molar-refractivity contribution in [3.63, 3.8) is 0 Å². The smallest absolute Gasteiger partial charge is 0.0982 e. The van der Waals surface area contributed by atoms with Crippen molar-refractivity contribution in [2.75, 3.05) is 0 Å². The molecular formula is C13H18N2O2. The van der Waals surface area contributed by atoms with Crippen LogP contribution in [-0.2, 0) is 6.54 Å². The Hall–Kier alpha value is -0.940. The summed E-state index contributed by atoms with van der Waals surface area (Å²) in [6.45, 7) is 0.805. The average molecular weight is 234 g/mol. The molecule has 4 heteroatoms. The van der Waals surface area contributed by atoms with Crippen molar-refractivity contribution in [2.24, 2.45) is 0 Å². The minimum Gasteiger partial charge on any atom is -0.389 e. The van der Waals surface area contributed by atoms with Crippen LogP contribution in [0.15, 0.2) is 30.3 Å². The Labute approximate surface area is 101 Å². The third-order valence-corrected chi connectivity index (χ3v) is 3.89. The number of rotatable bonds is 3. The van der Waals surface area contributed by atoms with Crippen molar-refractivity contribution in [1.29, 1.82) is 0 Å². The molecule has 0 radical (unpaired) electrons. The number of nitrogens with one attached hydrogen (secondary N) is 2. The summed E-state index contributed by atoms with van der Waals surface area (Å²) < 4.78 is 0. The van der Waals surface area contributed by atoms with Crippen molar-refractivity contribution in [3.8, 4) is 0 Å². The van der Waals surface area contributed by atoms with E-state index in [4.69, 9.17) is 0 Å². The topological polar surface area (TPSA) is 64.5 Å². The van der Waals surface area contributed by atoms with Gasteiger partial charge in [-0.15, -0.1) is 0 Å². The van der Waals surface area contributed by atoms with E-state index in [1.54, 1.807) is 0 Å². The van der Waals surface area contributed by atoms with Gasteiger partial charge in [0.05, 0.1) is 18.2 Å². The molecule has 5 atom stereocenters. The molecule has 2 fully saturated rings. The summed E-state index contributed by atoms with van der Waals surface area (Å²) in [7, 11) is 0. The van der Waals surface area contributed by atoms with Gasteiger partial charge in [-0.1, -0.05) is 30.3 Å². The van der Waals surface area contributed by atoms with Crippen LogP contribution in [0.3, 0.4) is 0 Å². The van der Waals surface area contributed by atoms with E-state index < -0.39 is 12.2 Å². The Balaban J connectivity index is 1.58. The molecule has 3 rings (SSSR count). The van der Waals surface area contributed by atoms with Crippen molar-refractivity contribution in [1.82, 2.24) is 10.6 Å². The lowest BCUT2D eigenvalue weighted by Gasteiger charge is -2.28. The average Bonchev–Trinajstić information content (AvgIpc) is 2.89. The molecule has 2 aliphatic rings. The molecule has 2 aliphatic heterocycles. The molecule has 17 heavy (non-hydrogen) atoms. The first-order valence-corrected chi connectivity index (χ1v) is 6.15. The summed E-state index contributed by atoms with van der Waals surface area (Å²) in [5, 5.41) is 26.2. The van der Waals surface area contributed by atoms with Crippen LogP contribution >= 0.6 is 0 Å². The van der Waals surface area contributed by atoms with Crippen LogP contribution in [0.25, 0.3) is 0 Å². The van der Waals surface area contributed by atoms with Gasteiger partial charge in [0, 0.05) is 18.6 Å². The van der Waals surface area contributed by atoms with E-state index in [2.05, 4.69) is 22.8 Å². The Bertz CT molecular complexity index is 382. The highest BCUT2D eigenvalue weighted by Gasteiger charge is 2.51. The van der Waals surface area contributed by atoms with E-state index in [0.717, 1.165) is 13.0 Å². The van der Waals surface area contributed by atoms with Crippen LogP contribution in [0.1, 0.15) is 12.0 Å². The van der Waals surface area contributed by atoms with Gasteiger partial charge in [-0.3, -0.25) is 0 Å². The quantitative estimate of drug-likeness (QED) is 0.575. The summed E-state index contributed by atoms with van der Waals surface area (Å²) in [4.78, 5) is 0. The molecule has 2 heterocycles. The predicted molar refractivity (Wildman–Crippen MR) is 64.4 cm³/mol. The van der Waals surface area contributed by atoms with Crippen molar-refractivity contribution < 1.29 is 10.2 Å². The highest BCUT2D eigenvalue weighted by atomic mass is 16.3. The van der Waals surface area contributed by atoms with Gasteiger partial charge >= 0.3 is 0 Å².